The van der Waals surface area contributed by atoms with Crippen LogP contribution in [-0.4, -0.2) is 27.8 Å². The first-order valence-corrected chi connectivity index (χ1v) is 7.76. The molecule has 0 atom stereocenters. The number of rotatable bonds is 4. The van der Waals surface area contributed by atoms with Crippen LogP contribution < -0.4 is 0 Å². The van der Waals surface area contributed by atoms with Gasteiger partial charge in [0.2, 0.25) is 5.78 Å². The molecule has 0 unspecified atom stereocenters. The van der Waals surface area contributed by atoms with E-state index in [0.29, 0.717) is 12.3 Å². The molecule has 1 heterocycles. The van der Waals surface area contributed by atoms with E-state index in [-0.39, 0.29) is 5.78 Å². The summed E-state index contributed by atoms with van der Waals surface area (Å²) in [6.07, 6.45) is 7.80. The summed E-state index contributed by atoms with van der Waals surface area (Å²) in [5, 5.41) is 4.14. The summed E-state index contributed by atoms with van der Waals surface area (Å²) >= 11 is 3.42. The van der Waals surface area contributed by atoms with Gasteiger partial charge < -0.3 is 4.74 Å². The average molecular weight is 329 g/mol. The van der Waals surface area contributed by atoms with Crippen LogP contribution in [0.4, 0.5) is 0 Å². The van der Waals surface area contributed by atoms with E-state index in [1.807, 2.05) is 6.92 Å². The Balaban J connectivity index is 2.35. The molecule has 5 heteroatoms. The summed E-state index contributed by atoms with van der Waals surface area (Å²) < 4.78 is 8.32. The lowest BCUT2D eigenvalue weighted by molar-refractivity contribution is -0.0299. The summed E-state index contributed by atoms with van der Waals surface area (Å²) in [5.74, 6) is 0.0723. The Morgan fingerprint density at radius 2 is 2.05 bits per heavy atom. The summed E-state index contributed by atoms with van der Waals surface area (Å²) in [4.78, 5) is 13.0. The van der Waals surface area contributed by atoms with Gasteiger partial charge in [-0.2, -0.15) is 5.10 Å². The van der Waals surface area contributed by atoms with Crippen LogP contribution in [0.25, 0.3) is 0 Å². The Hall–Kier alpha value is -0.680. The van der Waals surface area contributed by atoms with Gasteiger partial charge in [-0.05, 0) is 35.7 Å². The maximum Gasteiger partial charge on any atom is 0.213 e. The molecule has 0 radical (unpaired) electrons. The van der Waals surface area contributed by atoms with Crippen LogP contribution in [0.3, 0.4) is 0 Å². The van der Waals surface area contributed by atoms with Gasteiger partial charge in [-0.25, -0.2) is 0 Å². The highest BCUT2D eigenvalue weighted by atomic mass is 79.9. The Morgan fingerprint density at radius 1 is 1.42 bits per heavy atom. The van der Waals surface area contributed by atoms with Gasteiger partial charge in [-0.1, -0.05) is 25.7 Å². The van der Waals surface area contributed by atoms with Gasteiger partial charge in [-0.15, -0.1) is 0 Å². The molecule has 2 rings (SSSR count). The molecule has 19 heavy (non-hydrogen) atoms. The Morgan fingerprint density at radius 3 is 2.53 bits per heavy atom. The lowest BCUT2D eigenvalue weighted by Gasteiger charge is -2.31. The fourth-order valence-electron chi connectivity index (χ4n) is 2.89. The number of hydrogen-bond acceptors (Lipinski definition) is 3. The molecule has 0 N–H and O–H groups in total. The molecule has 0 spiro atoms. The number of Topliss-reactive ketones (excluding diaryl/α,β-unsaturated/α-hetero) is 1. The topological polar surface area (TPSA) is 44.1 Å². The molecule has 0 saturated heterocycles. The molecule has 0 aromatic carbocycles. The van der Waals surface area contributed by atoms with Gasteiger partial charge in [0, 0.05) is 13.7 Å². The summed E-state index contributed by atoms with van der Waals surface area (Å²) in [7, 11) is 1.80. The summed E-state index contributed by atoms with van der Waals surface area (Å²) in [6.45, 7) is 2.53. The van der Waals surface area contributed by atoms with Crippen molar-refractivity contribution in [3.63, 3.8) is 0 Å². The van der Waals surface area contributed by atoms with Gasteiger partial charge in [-0.3, -0.25) is 9.48 Å². The number of ketones is 1. The Labute approximate surface area is 122 Å². The van der Waals surface area contributed by atoms with Crippen molar-refractivity contribution in [1.29, 1.82) is 0 Å². The highest BCUT2D eigenvalue weighted by Crippen LogP contribution is 2.35. The van der Waals surface area contributed by atoms with E-state index >= 15 is 0 Å². The fraction of sp³-hybridized carbons (Fsp3) is 0.714. The smallest absolute Gasteiger partial charge is 0.213 e. The Bertz CT molecular complexity index is 429. The molecule has 106 valence electrons. The second kappa shape index (κ2) is 6.18. The van der Waals surface area contributed by atoms with Crippen molar-refractivity contribution in [2.24, 2.45) is 7.05 Å². The van der Waals surface area contributed by atoms with Crippen molar-refractivity contribution < 1.29 is 9.53 Å². The van der Waals surface area contributed by atoms with E-state index in [9.17, 15) is 4.79 Å². The molecule has 1 aliphatic rings. The Kier molecular flexibility index (Phi) is 4.79. The molecule has 0 bridgehead atoms. The van der Waals surface area contributed by atoms with E-state index in [1.54, 1.807) is 17.9 Å². The lowest BCUT2D eigenvalue weighted by Crippen LogP contribution is -2.42. The van der Waals surface area contributed by atoms with E-state index in [1.165, 1.54) is 12.8 Å². The minimum atomic E-state index is -0.651. The van der Waals surface area contributed by atoms with E-state index in [4.69, 9.17) is 4.74 Å². The van der Waals surface area contributed by atoms with Crippen LogP contribution in [0.15, 0.2) is 10.7 Å². The zero-order valence-corrected chi connectivity index (χ0v) is 13.2. The number of aromatic nitrogens is 2. The monoisotopic (exact) mass is 328 g/mol. The molecule has 1 fully saturated rings. The number of carbonyl (C=O) groups is 1. The minimum absolute atomic E-state index is 0.0723. The van der Waals surface area contributed by atoms with Crippen molar-refractivity contribution >= 4 is 21.7 Å². The van der Waals surface area contributed by atoms with E-state index < -0.39 is 5.60 Å². The van der Waals surface area contributed by atoms with Crippen LogP contribution in [0.1, 0.15) is 55.9 Å². The number of ether oxygens (including phenoxy) is 1. The zero-order chi connectivity index (χ0) is 13.9. The van der Waals surface area contributed by atoms with Crippen LogP contribution in [0.5, 0.6) is 0 Å². The summed E-state index contributed by atoms with van der Waals surface area (Å²) in [5.41, 5.74) is -0.0305. The number of aryl methyl sites for hydroxylation is 1. The first kappa shape index (κ1) is 14.7. The van der Waals surface area contributed by atoms with Gasteiger partial charge in [0.15, 0.2) is 0 Å². The maximum atomic E-state index is 13.0. The van der Waals surface area contributed by atoms with E-state index in [0.717, 1.165) is 30.2 Å². The van der Waals surface area contributed by atoms with Crippen LogP contribution in [-0.2, 0) is 11.8 Å². The molecule has 1 aliphatic carbocycles. The minimum Gasteiger partial charge on any atom is -0.367 e. The lowest BCUT2D eigenvalue weighted by atomic mass is 9.87. The molecule has 0 amide bonds. The molecule has 4 nitrogen and oxygen atoms in total. The van der Waals surface area contributed by atoms with Crippen molar-refractivity contribution in [3.8, 4) is 0 Å². The standard InChI is InChI=1S/C14H21BrN2O2/c1-3-19-14(8-6-4-5-7-9-14)13(18)12-11(15)10-16-17(12)2/h10H,3-9H2,1-2H3. The van der Waals surface area contributed by atoms with Crippen molar-refractivity contribution in [2.45, 2.75) is 51.0 Å². The van der Waals surface area contributed by atoms with Crippen LogP contribution in [0, 0.1) is 0 Å². The largest absolute Gasteiger partial charge is 0.367 e. The molecule has 1 aromatic rings. The summed E-state index contributed by atoms with van der Waals surface area (Å²) in [6, 6.07) is 0. The van der Waals surface area contributed by atoms with Gasteiger partial charge >= 0.3 is 0 Å². The van der Waals surface area contributed by atoms with Crippen molar-refractivity contribution in [1.82, 2.24) is 9.78 Å². The zero-order valence-electron chi connectivity index (χ0n) is 11.6. The van der Waals surface area contributed by atoms with Crippen LogP contribution >= 0.6 is 15.9 Å². The molecular weight excluding hydrogens is 308 g/mol. The molecule has 1 aromatic heterocycles. The number of halogens is 1. The first-order valence-electron chi connectivity index (χ1n) is 6.97. The van der Waals surface area contributed by atoms with Crippen LogP contribution in [0.2, 0.25) is 0 Å². The van der Waals surface area contributed by atoms with Crippen molar-refractivity contribution in [2.75, 3.05) is 6.61 Å². The van der Waals surface area contributed by atoms with Gasteiger partial charge in [0.25, 0.3) is 0 Å². The third-order valence-electron chi connectivity index (χ3n) is 3.85. The normalized spacial score (nSPS) is 19.1. The first-order chi connectivity index (χ1) is 9.10. The predicted octanol–water partition coefficient (Wildman–Crippen LogP) is 3.49. The molecule has 1 saturated carbocycles. The van der Waals surface area contributed by atoms with E-state index in [2.05, 4.69) is 21.0 Å². The third kappa shape index (κ3) is 2.92. The fourth-order valence-corrected chi connectivity index (χ4v) is 3.42. The number of carbonyl (C=O) groups excluding carboxylic acids is 1. The average Bonchev–Trinajstić information content (AvgIpc) is 2.61. The quantitative estimate of drug-likeness (QED) is 0.627. The number of hydrogen-bond donors (Lipinski definition) is 0. The van der Waals surface area contributed by atoms with Crippen molar-refractivity contribution in [3.05, 3.63) is 16.4 Å². The molecule has 0 aliphatic heterocycles. The number of nitrogens with zero attached hydrogens (tertiary/aromatic N) is 2. The second-order valence-corrected chi connectivity index (χ2v) is 5.99. The second-order valence-electron chi connectivity index (χ2n) is 5.14. The van der Waals surface area contributed by atoms with Gasteiger partial charge in [0.05, 0.1) is 10.7 Å². The highest BCUT2D eigenvalue weighted by Gasteiger charge is 2.41. The third-order valence-corrected chi connectivity index (χ3v) is 4.44. The maximum absolute atomic E-state index is 13.0. The molecular formula is C14H21BrN2O2. The predicted molar refractivity (Wildman–Crippen MR) is 77.3 cm³/mol. The van der Waals surface area contributed by atoms with Gasteiger partial charge in [0.1, 0.15) is 11.3 Å². The SMILES string of the molecule is CCOC1(C(=O)c2c(Br)cnn2C)CCCCCC1. The highest BCUT2D eigenvalue weighted by molar-refractivity contribution is 9.10.